The van der Waals surface area contributed by atoms with Crippen LogP contribution in [0.4, 0.5) is 17.3 Å². The van der Waals surface area contributed by atoms with Crippen LogP contribution in [0.2, 0.25) is 0 Å². The minimum absolute atomic E-state index is 0.0130. The van der Waals surface area contributed by atoms with Gasteiger partial charge in [-0.25, -0.2) is 4.68 Å². The molecule has 1 atom stereocenters. The van der Waals surface area contributed by atoms with E-state index in [2.05, 4.69) is 31.5 Å². The molecule has 1 aliphatic rings. The highest BCUT2D eigenvalue weighted by atomic mass is 79.9. The van der Waals surface area contributed by atoms with Crippen molar-refractivity contribution >= 4 is 39.2 Å². The van der Waals surface area contributed by atoms with Gasteiger partial charge in [-0.15, -0.1) is 5.10 Å². The van der Waals surface area contributed by atoms with Gasteiger partial charge in [0.25, 0.3) is 11.6 Å². The standard InChI is InChI=1S/C25H19BrN6O3/c1-15-21(24(33)28-19-5-3-2-4-6-19)22(16-7-11-18(26)12-8-16)31-25(27-15)29-23(30-31)17-9-13-20(14-10-17)32(34)35/h2-14,22H,1H3,(H,28,33)(H,27,29,30). The Morgan fingerprint density at radius 1 is 1.06 bits per heavy atom. The molecule has 0 aliphatic carbocycles. The number of carbonyl (C=O) groups excluding carboxylic acids is 1. The predicted octanol–water partition coefficient (Wildman–Crippen LogP) is 5.54. The number of nitro benzene ring substituents is 1. The Labute approximate surface area is 208 Å². The number of allylic oxidation sites excluding steroid dienone is 1. The molecule has 35 heavy (non-hydrogen) atoms. The number of hydrogen-bond acceptors (Lipinski definition) is 6. The van der Waals surface area contributed by atoms with Gasteiger partial charge in [-0.2, -0.15) is 4.98 Å². The van der Waals surface area contributed by atoms with Crippen molar-refractivity contribution in [1.29, 1.82) is 0 Å². The number of para-hydroxylation sites is 1. The lowest BCUT2D eigenvalue weighted by Crippen LogP contribution is -2.31. The van der Waals surface area contributed by atoms with E-state index >= 15 is 0 Å². The van der Waals surface area contributed by atoms with Crippen LogP contribution < -0.4 is 10.6 Å². The quantitative estimate of drug-likeness (QED) is 0.258. The van der Waals surface area contributed by atoms with E-state index in [9.17, 15) is 14.9 Å². The molecule has 0 saturated carbocycles. The molecule has 1 aromatic heterocycles. The molecular weight excluding hydrogens is 512 g/mol. The molecule has 1 amide bonds. The van der Waals surface area contributed by atoms with Crippen molar-refractivity contribution in [3.8, 4) is 11.4 Å². The largest absolute Gasteiger partial charge is 0.328 e. The maximum absolute atomic E-state index is 13.5. The first-order chi connectivity index (χ1) is 16.9. The number of carbonyl (C=O) groups is 1. The van der Waals surface area contributed by atoms with E-state index in [-0.39, 0.29) is 11.6 Å². The molecule has 10 heteroatoms. The van der Waals surface area contributed by atoms with E-state index in [4.69, 9.17) is 5.10 Å². The van der Waals surface area contributed by atoms with Crippen LogP contribution in [-0.2, 0) is 4.79 Å². The van der Waals surface area contributed by atoms with Gasteiger partial charge in [-0.1, -0.05) is 46.3 Å². The smallest absolute Gasteiger partial charge is 0.269 e. The fraction of sp³-hybridized carbons (Fsp3) is 0.0800. The molecule has 4 aromatic rings. The van der Waals surface area contributed by atoms with Crippen LogP contribution in [0.1, 0.15) is 18.5 Å². The third-order valence-corrected chi connectivity index (χ3v) is 6.18. The lowest BCUT2D eigenvalue weighted by molar-refractivity contribution is -0.384. The third-order valence-electron chi connectivity index (χ3n) is 5.65. The number of rotatable bonds is 5. The Balaban J connectivity index is 1.58. The fourth-order valence-electron chi connectivity index (χ4n) is 3.97. The Bertz CT molecular complexity index is 1450. The molecule has 5 rings (SSSR count). The van der Waals surface area contributed by atoms with Crippen LogP contribution in [0.25, 0.3) is 11.4 Å². The molecule has 2 heterocycles. The van der Waals surface area contributed by atoms with Crippen LogP contribution in [0.3, 0.4) is 0 Å². The summed E-state index contributed by atoms with van der Waals surface area (Å²) in [7, 11) is 0. The fourth-order valence-corrected chi connectivity index (χ4v) is 4.24. The summed E-state index contributed by atoms with van der Waals surface area (Å²) >= 11 is 3.47. The van der Waals surface area contributed by atoms with Gasteiger partial charge in [0.15, 0.2) is 5.82 Å². The minimum atomic E-state index is -0.539. The first-order valence-corrected chi connectivity index (χ1v) is 11.5. The Hall–Kier alpha value is -4.31. The molecule has 0 saturated heterocycles. The SMILES string of the molecule is CC1=C(C(=O)Nc2ccccc2)C(c2ccc(Br)cc2)n2nc(-c3ccc([N+](=O)[O-])cc3)nc2N1. The van der Waals surface area contributed by atoms with Gasteiger partial charge in [0, 0.05) is 33.6 Å². The summed E-state index contributed by atoms with van der Waals surface area (Å²) in [6.45, 7) is 1.83. The number of halogens is 1. The third kappa shape index (κ3) is 4.43. The molecule has 3 aromatic carbocycles. The van der Waals surface area contributed by atoms with E-state index in [0.29, 0.717) is 34.3 Å². The molecule has 1 aliphatic heterocycles. The second-order valence-corrected chi connectivity index (χ2v) is 8.86. The summed E-state index contributed by atoms with van der Waals surface area (Å²) in [6, 6.07) is 22.4. The van der Waals surface area contributed by atoms with Crippen molar-refractivity contribution in [2.45, 2.75) is 13.0 Å². The zero-order valence-corrected chi connectivity index (χ0v) is 20.1. The summed E-state index contributed by atoms with van der Waals surface area (Å²) in [6.07, 6.45) is 0. The number of aromatic nitrogens is 3. The van der Waals surface area contributed by atoms with Crippen molar-refractivity contribution in [3.63, 3.8) is 0 Å². The highest BCUT2D eigenvalue weighted by Crippen LogP contribution is 2.37. The van der Waals surface area contributed by atoms with Crippen molar-refractivity contribution in [3.05, 3.63) is 110 Å². The number of nitrogens with one attached hydrogen (secondary N) is 2. The molecule has 2 N–H and O–H groups in total. The van der Waals surface area contributed by atoms with Crippen molar-refractivity contribution in [2.75, 3.05) is 10.6 Å². The molecule has 0 fully saturated rings. The molecule has 0 bridgehead atoms. The zero-order chi connectivity index (χ0) is 24.5. The predicted molar refractivity (Wildman–Crippen MR) is 136 cm³/mol. The van der Waals surface area contributed by atoms with E-state index in [1.807, 2.05) is 61.5 Å². The van der Waals surface area contributed by atoms with Crippen LogP contribution >= 0.6 is 15.9 Å². The van der Waals surface area contributed by atoms with Crippen molar-refractivity contribution in [2.24, 2.45) is 0 Å². The number of hydrogen-bond donors (Lipinski definition) is 2. The molecule has 0 spiro atoms. The van der Waals surface area contributed by atoms with E-state index in [1.54, 1.807) is 16.8 Å². The lowest BCUT2D eigenvalue weighted by atomic mass is 9.95. The number of nitrogens with zero attached hydrogens (tertiary/aromatic N) is 4. The number of amides is 1. The molecule has 9 nitrogen and oxygen atoms in total. The maximum atomic E-state index is 13.5. The normalized spacial score (nSPS) is 14.7. The summed E-state index contributed by atoms with van der Waals surface area (Å²) < 4.78 is 2.59. The summed E-state index contributed by atoms with van der Waals surface area (Å²) in [5.41, 5.74) is 3.31. The van der Waals surface area contributed by atoms with Crippen LogP contribution in [0.15, 0.2) is 94.6 Å². The van der Waals surface area contributed by atoms with Gasteiger partial charge in [-0.3, -0.25) is 14.9 Å². The summed E-state index contributed by atoms with van der Waals surface area (Å²) in [4.78, 5) is 28.6. The number of fused-ring (bicyclic) bond motifs is 1. The van der Waals surface area contributed by atoms with E-state index in [0.717, 1.165) is 10.0 Å². The Kier molecular flexibility index (Phi) is 5.87. The second-order valence-electron chi connectivity index (χ2n) is 7.95. The molecular formula is C25H19BrN6O3. The second kappa shape index (κ2) is 9.15. The average Bonchev–Trinajstić information content (AvgIpc) is 3.28. The first kappa shape index (κ1) is 22.5. The first-order valence-electron chi connectivity index (χ1n) is 10.7. The van der Waals surface area contributed by atoms with E-state index < -0.39 is 11.0 Å². The average molecular weight is 531 g/mol. The highest BCUT2D eigenvalue weighted by Gasteiger charge is 2.34. The summed E-state index contributed by atoms with van der Waals surface area (Å²) in [5.74, 6) is 0.606. The summed E-state index contributed by atoms with van der Waals surface area (Å²) in [5, 5.41) is 21.9. The minimum Gasteiger partial charge on any atom is -0.328 e. The molecule has 0 radical (unpaired) electrons. The molecule has 174 valence electrons. The number of non-ortho nitro benzene ring substituents is 1. The van der Waals surface area contributed by atoms with E-state index in [1.165, 1.54) is 12.1 Å². The number of anilines is 2. The lowest BCUT2D eigenvalue weighted by Gasteiger charge is -2.28. The van der Waals surface area contributed by atoms with Gasteiger partial charge < -0.3 is 10.6 Å². The van der Waals surface area contributed by atoms with Crippen LogP contribution in [0, 0.1) is 10.1 Å². The van der Waals surface area contributed by atoms with Gasteiger partial charge in [0.2, 0.25) is 5.95 Å². The number of benzene rings is 3. The van der Waals surface area contributed by atoms with Crippen LogP contribution in [0.5, 0.6) is 0 Å². The zero-order valence-electron chi connectivity index (χ0n) is 18.5. The number of nitro groups is 1. The monoisotopic (exact) mass is 530 g/mol. The van der Waals surface area contributed by atoms with Crippen molar-refractivity contribution < 1.29 is 9.72 Å². The van der Waals surface area contributed by atoms with Gasteiger partial charge in [0.05, 0.1) is 10.5 Å². The maximum Gasteiger partial charge on any atom is 0.269 e. The van der Waals surface area contributed by atoms with Crippen molar-refractivity contribution in [1.82, 2.24) is 14.8 Å². The molecule has 1 unspecified atom stereocenters. The van der Waals surface area contributed by atoms with Gasteiger partial charge >= 0.3 is 0 Å². The highest BCUT2D eigenvalue weighted by molar-refractivity contribution is 9.10. The van der Waals surface area contributed by atoms with Gasteiger partial charge in [-0.05, 0) is 48.9 Å². The topological polar surface area (TPSA) is 115 Å². The Morgan fingerprint density at radius 2 is 1.74 bits per heavy atom. The van der Waals surface area contributed by atoms with Crippen LogP contribution in [-0.4, -0.2) is 25.6 Å². The Morgan fingerprint density at radius 3 is 2.40 bits per heavy atom. The van der Waals surface area contributed by atoms with Gasteiger partial charge in [0.1, 0.15) is 6.04 Å².